The summed E-state index contributed by atoms with van der Waals surface area (Å²) in [7, 11) is -4.48. The monoisotopic (exact) mass is 516 g/mol. The number of oxazole rings is 1. The Bertz CT molecular complexity index is 1590. The van der Waals surface area contributed by atoms with Crippen molar-refractivity contribution in [2.24, 2.45) is 0 Å². The Balaban J connectivity index is 1.69. The molecule has 0 aliphatic carbocycles. The van der Waals surface area contributed by atoms with Gasteiger partial charge in [-0.15, -0.1) is 0 Å². The fourth-order valence-electron chi connectivity index (χ4n) is 3.75. The van der Waals surface area contributed by atoms with Gasteiger partial charge in [0, 0.05) is 24.2 Å². The smallest absolute Gasteiger partial charge is 0.408 e. The third kappa shape index (κ3) is 5.47. The Hall–Kier alpha value is -3.57. The number of pyridine rings is 1. The fourth-order valence-corrected chi connectivity index (χ4v) is 4.82. The molecule has 0 aliphatic rings. The molecule has 0 bridgehead atoms. The quantitative estimate of drug-likeness (QED) is 0.349. The zero-order valence-electron chi connectivity index (χ0n) is 20.2. The number of hydrogen-bond donors (Lipinski definition) is 2. The van der Waals surface area contributed by atoms with Crippen LogP contribution in [0.5, 0.6) is 0 Å². The van der Waals surface area contributed by atoms with Crippen LogP contribution in [0.4, 0.5) is 14.6 Å². The van der Waals surface area contributed by atoms with E-state index in [0.29, 0.717) is 6.54 Å². The molecule has 1 atom stereocenters. The van der Waals surface area contributed by atoms with Crippen LogP contribution in [-0.4, -0.2) is 23.5 Å². The predicted octanol–water partition coefficient (Wildman–Crippen LogP) is 4.57. The van der Waals surface area contributed by atoms with Gasteiger partial charge >= 0.3 is 5.76 Å². The van der Waals surface area contributed by atoms with Crippen LogP contribution in [-0.2, 0) is 16.6 Å². The van der Waals surface area contributed by atoms with E-state index in [4.69, 9.17) is 4.42 Å². The van der Waals surface area contributed by atoms with Crippen LogP contribution in [0, 0.1) is 11.8 Å². The van der Waals surface area contributed by atoms with Gasteiger partial charge in [0.05, 0.1) is 11.6 Å². The number of benzene rings is 2. The van der Waals surface area contributed by atoms with E-state index in [2.05, 4.69) is 31.1 Å². The number of sulfonamides is 1. The second kappa shape index (κ2) is 9.47. The Morgan fingerprint density at radius 3 is 2.50 bits per heavy atom. The summed E-state index contributed by atoms with van der Waals surface area (Å²) in [4.78, 5) is 15.4. The first-order valence-corrected chi connectivity index (χ1v) is 12.7. The minimum Gasteiger partial charge on any atom is -0.408 e. The van der Waals surface area contributed by atoms with E-state index in [9.17, 15) is 17.6 Å². The molecule has 8 nitrogen and oxygen atoms in total. The van der Waals surface area contributed by atoms with Crippen molar-refractivity contribution in [2.75, 3.05) is 4.72 Å². The Morgan fingerprint density at radius 1 is 1.08 bits per heavy atom. The lowest BCUT2D eigenvalue weighted by Crippen LogP contribution is -2.35. The highest BCUT2D eigenvalue weighted by molar-refractivity contribution is 7.92. The molecule has 36 heavy (non-hydrogen) atoms. The summed E-state index contributed by atoms with van der Waals surface area (Å²) in [6, 6.07) is 12.5. The van der Waals surface area contributed by atoms with Crippen LogP contribution >= 0.6 is 0 Å². The van der Waals surface area contributed by atoms with Crippen molar-refractivity contribution in [2.45, 2.75) is 50.7 Å². The first-order chi connectivity index (χ1) is 16.8. The molecule has 0 amide bonds. The summed E-state index contributed by atoms with van der Waals surface area (Å²) in [5, 5.41) is 3.40. The summed E-state index contributed by atoms with van der Waals surface area (Å²) >= 11 is 0. The molecule has 0 fully saturated rings. The van der Waals surface area contributed by atoms with Gasteiger partial charge in [-0.05, 0) is 51.0 Å². The van der Waals surface area contributed by atoms with Gasteiger partial charge in [-0.25, -0.2) is 22.6 Å². The van der Waals surface area contributed by atoms with Gasteiger partial charge in [0.2, 0.25) is 5.95 Å². The van der Waals surface area contributed by atoms with Crippen LogP contribution in [0.15, 0.2) is 68.7 Å². The maximum absolute atomic E-state index is 15.0. The van der Waals surface area contributed by atoms with Crippen molar-refractivity contribution in [3.05, 3.63) is 88.0 Å². The van der Waals surface area contributed by atoms with Crippen LogP contribution in [0.1, 0.15) is 44.9 Å². The second-order valence-corrected chi connectivity index (χ2v) is 11.1. The number of nitrogens with zero attached hydrogens (tertiary/aromatic N) is 2. The number of fused-ring (bicyclic) bond motifs is 1. The van der Waals surface area contributed by atoms with Crippen molar-refractivity contribution in [1.82, 2.24) is 14.9 Å². The van der Waals surface area contributed by atoms with Crippen molar-refractivity contribution in [3.63, 3.8) is 0 Å². The number of anilines is 1. The highest BCUT2D eigenvalue weighted by Crippen LogP contribution is 2.28. The normalized spacial score (nSPS) is 13.2. The molecule has 11 heteroatoms. The van der Waals surface area contributed by atoms with Crippen LogP contribution < -0.4 is 15.8 Å². The van der Waals surface area contributed by atoms with Gasteiger partial charge in [-0.1, -0.05) is 30.3 Å². The number of nitrogens with one attached hydrogen (secondary N) is 2. The molecule has 2 aromatic heterocycles. The fraction of sp³-hybridized carbons (Fsp3) is 0.280. The van der Waals surface area contributed by atoms with E-state index in [1.54, 1.807) is 6.92 Å². The minimum absolute atomic E-state index is 0.0749. The third-order valence-electron chi connectivity index (χ3n) is 5.55. The van der Waals surface area contributed by atoms with E-state index < -0.39 is 38.5 Å². The second-order valence-electron chi connectivity index (χ2n) is 9.46. The summed E-state index contributed by atoms with van der Waals surface area (Å²) in [6.45, 7) is 8.57. The molecule has 190 valence electrons. The number of rotatable bonds is 7. The molecular formula is C25H26F2N4O4S. The number of hydrogen-bond acceptors (Lipinski definition) is 6. The highest BCUT2D eigenvalue weighted by Gasteiger charge is 2.25. The lowest BCUT2D eigenvalue weighted by Gasteiger charge is -2.21. The molecule has 0 saturated heterocycles. The maximum Gasteiger partial charge on any atom is 0.420 e. The van der Waals surface area contributed by atoms with Gasteiger partial charge in [0.25, 0.3) is 10.0 Å². The summed E-state index contributed by atoms with van der Waals surface area (Å²) in [5.74, 6) is -3.08. The SMILES string of the molecule is C[C@H](c1cccc(CNC(C)(C)C)c1)n1c(=O)oc2cc(S(=O)(=O)Nc3cccc(F)n3)c(F)cc21. The highest BCUT2D eigenvalue weighted by atomic mass is 32.2. The van der Waals surface area contributed by atoms with E-state index in [1.165, 1.54) is 16.7 Å². The molecule has 2 N–H and O–H groups in total. The third-order valence-corrected chi connectivity index (χ3v) is 6.92. The van der Waals surface area contributed by atoms with Gasteiger partial charge in [0.15, 0.2) is 5.58 Å². The average molecular weight is 517 g/mol. The summed E-state index contributed by atoms with van der Waals surface area (Å²) in [6.07, 6.45) is 0. The molecule has 0 saturated carbocycles. The van der Waals surface area contributed by atoms with Gasteiger partial charge in [-0.2, -0.15) is 4.39 Å². The molecule has 2 aromatic carbocycles. The van der Waals surface area contributed by atoms with Crippen molar-refractivity contribution in [3.8, 4) is 0 Å². The number of aromatic nitrogens is 2. The molecule has 0 spiro atoms. The van der Waals surface area contributed by atoms with E-state index >= 15 is 4.39 Å². The van der Waals surface area contributed by atoms with Crippen LogP contribution in [0.25, 0.3) is 11.1 Å². The molecule has 2 heterocycles. The van der Waals surface area contributed by atoms with Crippen LogP contribution in [0.2, 0.25) is 0 Å². The average Bonchev–Trinajstić information content (AvgIpc) is 3.10. The molecule has 4 rings (SSSR count). The standard InChI is InChI=1S/C25H26F2N4O4S/c1-15(17-8-5-7-16(11-17)14-28-25(2,3)4)31-19-12-18(26)21(13-20(19)35-24(31)32)36(33,34)30-23-10-6-9-22(27)29-23/h5-13,15,28H,14H2,1-4H3,(H,29,30)/t15-/m1/s1. The summed E-state index contributed by atoms with van der Waals surface area (Å²) < 4.78 is 62.5. The summed E-state index contributed by atoms with van der Waals surface area (Å²) in [5.41, 5.74) is 1.72. The zero-order chi connectivity index (χ0) is 26.3. The lowest BCUT2D eigenvalue weighted by atomic mass is 10.0. The van der Waals surface area contributed by atoms with Gasteiger partial charge in [0.1, 0.15) is 16.5 Å². The maximum atomic E-state index is 15.0. The topological polar surface area (TPSA) is 106 Å². The molecular weight excluding hydrogens is 490 g/mol. The Kier molecular flexibility index (Phi) is 6.72. The van der Waals surface area contributed by atoms with Crippen molar-refractivity contribution >= 4 is 26.9 Å². The van der Waals surface area contributed by atoms with Gasteiger partial charge < -0.3 is 9.73 Å². The molecule has 0 radical (unpaired) electrons. The van der Waals surface area contributed by atoms with Crippen molar-refractivity contribution in [1.29, 1.82) is 0 Å². The van der Waals surface area contributed by atoms with E-state index in [1.807, 2.05) is 29.0 Å². The zero-order valence-corrected chi connectivity index (χ0v) is 21.0. The number of halogens is 2. The first kappa shape index (κ1) is 25.5. The van der Waals surface area contributed by atoms with E-state index in [-0.39, 0.29) is 22.5 Å². The van der Waals surface area contributed by atoms with Crippen molar-refractivity contribution < 1.29 is 21.6 Å². The van der Waals surface area contributed by atoms with Gasteiger partial charge in [-0.3, -0.25) is 9.29 Å². The molecule has 0 aliphatic heterocycles. The Morgan fingerprint density at radius 2 is 1.81 bits per heavy atom. The molecule has 4 aromatic rings. The first-order valence-electron chi connectivity index (χ1n) is 11.2. The largest absolute Gasteiger partial charge is 0.420 e. The van der Waals surface area contributed by atoms with Crippen LogP contribution in [0.3, 0.4) is 0 Å². The lowest BCUT2D eigenvalue weighted by molar-refractivity contribution is 0.424. The molecule has 0 unspecified atom stereocenters. The Labute approximate surface area is 207 Å². The van der Waals surface area contributed by atoms with E-state index in [0.717, 1.165) is 29.3 Å². The predicted molar refractivity (Wildman–Crippen MR) is 132 cm³/mol. The minimum atomic E-state index is -4.48.